The number of sulfonamides is 1. The number of rotatable bonds is 6. The fourth-order valence-electron chi connectivity index (χ4n) is 2.61. The standard InChI is InChI=1S/C24H21NO2S/c26-28(27,24-16-8-3-9-17-24)25-20-10-15-23(22-13-6-2-7-14-22)19-18-21-11-4-1-5-12-21/h1-9,11-17,25H,10,20H2/b23-15+. The zero-order valence-corrected chi connectivity index (χ0v) is 16.2. The van der Waals surface area contributed by atoms with E-state index in [-0.39, 0.29) is 4.90 Å². The summed E-state index contributed by atoms with van der Waals surface area (Å²) in [5.41, 5.74) is 2.83. The Morgan fingerprint density at radius 2 is 1.39 bits per heavy atom. The van der Waals surface area contributed by atoms with Crippen LogP contribution >= 0.6 is 0 Å². The van der Waals surface area contributed by atoms with Crippen LogP contribution in [-0.4, -0.2) is 15.0 Å². The molecule has 0 aromatic heterocycles. The highest BCUT2D eigenvalue weighted by Gasteiger charge is 2.11. The molecule has 4 heteroatoms. The molecule has 28 heavy (non-hydrogen) atoms. The average Bonchev–Trinajstić information content (AvgIpc) is 2.75. The van der Waals surface area contributed by atoms with Crippen LogP contribution in [0.2, 0.25) is 0 Å². The minimum absolute atomic E-state index is 0.270. The van der Waals surface area contributed by atoms with E-state index in [1.165, 1.54) is 0 Å². The van der Waals surface area contributed by atoms with Gasteiger partial charge in [-0.2, -0.15) is 0 Å². The summed E-state index contributed by atoms with van der Waals surface area (Å²) >= 11 is 0. The van der Waals surface area contributed by atoms with Gasteiger partial charge in [-0.3, -0.25) is 0 Å². The lowest BCUT2D eigenvalue weighted by atomic mass is 10.0. The van der Waals surface area contributed by atoms with Crippen molar-refractivity contribution in [3.8, 4) is 11.8 Å². The third-order valence-electron chi connectivity index (χ3n) is 4.04. The van der Waals surface area contributed by atoms with Gasteiger partial charge in [0.2, 0.25) is 10.0 Å². The van der Waals surface area contributed by atoms with Crippen molar-refractivity contribution in [3.05, 3.63) is 108 Å². The fourth-order valence-corrected chi connectivity index (χ4v) is 3.68. The van der Waals surface area contributed by atoms with Crippen LogP contribution in [0, 0.1) is 11.8 Å². The smallest absolute Gasteiger partial charge is 0.211 e. The van der Waals surface area contributed by atoms with Gasteiger partial charge in [-0.1, -0.05) is 84.6 Å². The van der Waals surface area contributed by atoms with Crippen LogP contribution in [0.25, 0.3) is 5.57 Å². The molecule has 0 spiro atoms. The summed E-state index contributed by atoms with van der Waals surface area (Å²) < 4.78 is 27.2. The van der Waals surface area contributed by atoms with Gasteiger partial charge >= 0.3 is 0 Å². The van der Waals surface area contributed by atoms with Crippen LogP contribution in [-0.2, 0) is 10.0 Å². The van der Waals surface area contributed by atoms with Crippen molar-refractivity contribution >= 4 is 15.6 Å². The topological polar surface area (TPSA) is 46.2 Å². The van der Waals surface area contributed by atoms with Gasteiger partial charge in [-0.25, -0.2) is 13.1 Å². The third-order valence-corrected chi connectivity index (χ3v) is 5.52. The molecule has 0 radical (unpaired) electrons. The average molecular weight is 388 g/mol. The normalized spacial score (nSPS) is 11.5. The predicted octanol–water partition coefficient (Wildman–Crippen LogP) is 4.49. The Morgan fingerprint density at radius 1 is 0.821 bits per heavy atom. The summed E-state index contributed by atoms with van der Waals surface area (Å²) in [6, 6.07) is 28.0. The van der Waals surface area contributed by atoms with Crippen LogP contribution in [0.1, 0.15) is 17.5 Å². The van der Waals surface area contributed by atoms with Crippen molar-refractivity contribution in [3.63, 3.8) is 0 Å². The first-order valence-electron chi connectivity index (χ1n) is 9.02. The Morgan fingerprint density at radius 3 is 2.04 bits per heavy atom. The monoisotopic (exact) mass is 387 g/mol. The van der Waals surface area contributed by atoms with Gasteiger partial charge in [0.25, 0.3) is 0 Å². The van der Waals surface area contributed by atoms with Crippen LogP contribution in [0.3, 0.4) is 0 Å². The second-order valence-corrected chi connectivity index (χ2v) is 7.87. The third kappa shape index (κ3) is 5.68. The van der Waals surface area contributed by atoms with Crippen molar-refractivity contribution in [2.24, 2.45) is 0 Å². The molecule has 0 bridgehead atoms. The highest BCUT2D eigenvalue weighted by molar-refractivity contribution is 7.89. The van der Waals surface area contributed by atoms with Gasteiger partial charge in [-0.05, 0) is 36.2 Å². The first-order chi connectivity index (χ1) is 13.6. The molecular weight excluding hydrogens is 366 g/mol. The van der Waals surface area contributed by atoms with E-state index in [0.717, 1.165) is 16.7 Å². The van der Waals surface area contributed by atoms with E-state index in [2.05, 4.69) is 16.6 Å². The van der Waals surface area contributed by atoms with Gasteiger partial charge in [0.1, 0.15) is 0 Å². The molecule has 1 N–H and O–H groups in total. The molecule has 0 aliphatic rings. The molecule has 0 atom stereocenters. The summed E-state index contributed by atoms with van der Waals surface area (Å²) in [6.45, 7) is 0.306. The molecule has 3 aromatic rings. The summed E-state index contributed by atoms with van der Waals surface area (Å²) in [5, 5.41) is 0. The van der Waals surface area contributed by atoms with E-state index in [1.807, 2.05) is 66.7 Å². The van der Waals surface area contributed by atoms with Crippen LogP contribution in [0.4, 0.5) is 0 Å². The van der Waals surface area contributed by atoms with Gasteiger partial charge in [0, 0.05) is 17.7 Å². The summed E-state index contributed by atoms with van der Waals surface area (Å²) in [4.78, 5) is 0.270. The number of benzene rings is 3. The maximum absolute atomic E-state index is 12.3. The van der Waals surface area contributed by atoms with Crippen molar-refractivity contribution < 1.29 is 8.42 Å². The molecule has 0 heterocycles. The van der Waals surface area contributed by atoms with E-state index >= 15 is 0 Å². The Hall–Kier alpha value is -3.13. The minimum atomic E-state index is -3.49. The molecule has 0 saturated heterocycles. The first kappa shape index (κ1) is 19.6. The highest BCUT2D eigenvalue weighted by atomic mass is 32.2. The molecular formula is C24H21NO2S. The largest absolute Gasteiger partial charge is 0.240 e. The quantitative estimate of drug-likeness (QED) is 0.500. The van der Waals surface area contributed by atoms with E-state index in [4.69, 9.17) is 0 Å². The lowest BCUT2D eigenvalue weighted by Crippen LogP contribution is -2.24. The molecule has 0 saturated carbocycles. The van der Waals surface area contributed by atoms with Crippen molar-refractivity contribution in [1.82, 2.24) is 4.72 Å². The van der Waals surface area contributed by atoms with E-state index in [0.29, 0.717) is 13.0 Å². The predicted molar refractivity (Wildman–Crippen MR) is 114 cm³/mol. The Balaban J connectivity index is 1.72. The van der Waals surface area contributed by atoms with Gasteiger partial charge in [0.05, 0.1) is 4.90 Å². The van der Waals surface area contributed by atoms with E-state index in [1.54, 1.807) is 30.3 Å². The van der Waals surface area contributed by atoms with Crippen molar-refractivity contribution in [2.45, 2.75) is 11.3 Å². The number of hydrogen-bond donors (Lipinski definition) is 1. The number of allylic oxidation sites excluding steroid dienone is 1. The summed E-state index contributed by atoms with van der Waals surface area (Å²) in [6.07, 6.45) is 2.51. The Bertz CT molecular complexity index is 1080. The molecule has 0 unspecified atom stereocenters. The van der Waals surface area contributed by atoms with E-state index in [9.17, 15) is 8.42 Å². The van der Waals surface area contributed by atoms with Crippen LogP contribution < -0.4 is 4.72 Å². The maximum atomic E-state index is 12.3. The van der Waals surface area contributed by atoms with Gasteiger partial charge in [0.15, 0.2) is 0 Å². The lowest BCUT2D eigenvalue weighted by Gasteiger charge is -2.06. The summed E-state index contributed by atoms with van der Waals surface area (Å²) in [7, 11) is -3.49. The first-order valence-corrected chi connectivity index (χ1v) is 10.5. The van der Waals surface area contributed by atoms with Gasteiger partial charge < -0.3 is 0 Å². The SMILES string of the molecule is O=S(=O)(NCC/C=C(\C#Cc1ccccc1)c1ccccc1)c1ccccc1. The minimum Gasteiger partial charge on any atom is -0.211 e. The molecule has 0 fully saturated rings. The zero-order chi connectivity index (χ0) is 19.7. The highest BCUT2D eigenvalue weighted by Crippen LogP contribution is 2.14. The molecule has 0 amide bonds. The van der Waals surface area contributed by atoms with Crippen LogP contribution in [0.15, 0.2) is 102 Å². The van der Waals surface area contributed by atoms with Gasteiger partial charge in [-0.15, -0.1) is 0 Å². The lowest BCUT2D eigenvalue weighted by molar-refractivity contribution is 0.582. The molecule has 0 aliphatic carbocycles. The van der Waals surface area contributed by atoms with E-state index < -0.39 is 10.0 Å². The number of hydrogen-bond acceptors (Lipinski definition) is 2. The summed E-state index contributed by atoms with van der Waals surface area (Å²) in [5.74, 6) is 6.38. The van der Waals surface area contributed by atoms with Crippen molar-refractivity contribution in [1.29, 1.82) is 0 Å². The molecule has 3 aromatic carbocycles. The molecule has 140 valence electrons. The Labute approximate surface area is 166 Å². The molecule has 3 nitrogen and oxygen atoms in total. The Kier molecular flexibility index (Phi) is 6.80. The van der Waals surface area contributed by atoms with Crippen LogP contribution in [0.5, 0.6) is 0 Å². The maximum Gasteiger partial charge on any atom is 0.240 e. The second-order valence-electron chi connectivity index (χ2n) is 6.10. The second kappa shape index (κ2) is 9.70. The molecule has 3 rings (SSSR count). The molecule has 0 aliphatic heterocycles. The number of nitrogens with one attached hydrogen (secondary N) is 1. The fraction of sp³-hybridized carbons (Fsp3) is 0.0833. The van der Waals surface area contributed by atoms with Crippen molar-refractivity contribution in [2.75, 3.05) is 6.54 Å². The zero-order valence-electron chi connectivity index (χ0n) is 15.4.